The Hall–Kier alpha value is -1.92. The number of carbonyl (C=O) groups excluding carboxylic acids is 1. The first-order valence-corrected chi connectivity index (χ1v) is 6.80. The summed E-state index contributed by atoms with van der Waals surface area (Å²) in [6.07, 6.45) is 0.378. The molecule has 1 aliphatic heterocycles. The monoisotopic (exact) mass is 293 g/mol. The van der Waals surface area contributed by atoms with Crippen LogP contribution in [0.4, 0.5) is 0 Å². The number of carboxylic acid groups (broad SMARTS) is 1. The summed E-state index contributed by atoms with van der Waals surface area (Å²) < 4.78 is 10.4. The number of hydrogen-bond donors (Lipinski definition) is 1. The normalized spacial score (nSPS) is 14.8. The van der Waals surface area contributed by atoms with Crippen molar-refractivity contribution < 1.29 is 24.2 Å². The van der Waals surface area contributed by atoms with E-state index in [0.717, 1.165) is 5.56 Å². The minimum atomic E-state index is -0.966. The lowest BCUT2D eigenvalue weighted by Crippen LogP contribution is -2.55. The summed E-state index contributed by atoms with van der Waals surface area (Å²) in [5, 5.41) is 8.81. The summed E-state index contributed by atoms with van der Waals surface area (Å²) in [6, 6.07) is 6.37. The third kappa shape index (κ3) is 4.27. The van der Waals surface area contributed by atoms with Crippen LogP contribution in [-0.4, -0.2) is 61.4 Å². The van der Waals surface area contributed by atoms with Crippen LogP contribution in [0.25, 0.3) is 0 Å². The molecule has 1 N–H and O–H groups in total. The number of nitrogens with zero attached hydrogens (tertiary/aromatic N) is 1. The Kier molecular flexibility index (Phi) is 5.30. The molecule has 0 aliphatic carbocycles. The Morgan fingerprint density at radius 3 is 2.48 bits per heavy atom. The molecule has 1 fully saturated rings. The first-order valence-electron chi connectivity index (χ1n) is 6.80. The molecule has 0 radical (unpaired) electrons. The van der Waals surface area contributed by atoms with Gasteiger partial charge in [0.15, 0.2) is 0 Å². The van der Waals surface area contributed by atoms with Crippen LogP contribution in [0.2, 0.25) is 0 Å². The number of ether oxygens (including phenoxy) is 2. The average Bonchev–Trinajstić information content (AvgIpc) is 2.41. The van der Waals surface area contributed by atoms with Crippen molar-refractivity contribution in [2.45, 2.75) is 12.5 Å². The Balaban J connectivity index is 1.74. The maximum Gasteiger partial charge on any atom is 0.335 e. The van der Waals surface area contributed by atoms with Crippen molar-refractivity contribution in [2.24, 2.45) is 0 Å². The quantitative estimate of drug-likeness (QED) is 0.753. The SMILES string of the molecule is COCCOC1CN(C(=O)Cc2ccc(C(=O)O)cc2)C1. The van der Waals surface area contributed by atoms with Gasteiger partial charge in [-0.25, -0.2) is 4.79 Å². The molecule has 0 unspecified atom stereocenters. The van der Waals surface area contributed by atoms with Crippen molar-refractivity contribution in [1.82, 2.24) is 4.90 Å². The third-order valence-electron chi connectivity index (χ3n) is 3.40. The zero-order valence-electron chi connectivity index (χ0n) is 11.9. The van der Waals surface area contributed by atoms with E-state index >= 15 is 0 Å². The van der Waals surface area contributed by atoms with Crippen LogP contribution in [0.3, 0.4) is 0 Å². The fourth-order valence-corrected chi connectivity index (χ4v) is 2.10. The summed E-state index contributed by atoms with van der Waals surface area (Å²) in [7, 11) is 1.62. The molecule has 1 aromatic carbocycles. The van der Waals surface area contributed by atoms with E-state index in [0.29, 0.717) is 26.3 Å². The Bertz CT molecular complexity index is 493. The molecule has 1 heterocycles. The molecular weight excluding hydrogens is 274 g/mol. The number of aromatic carboxylic acids is 1. The molecule has 1 aromatic rings. The molecule has 1 aliphatic rings. The highest BCUT2D eigenvalue weighted by Crippen LogP contribution is 2.14. The molecule has 0 aromatic heterocycles. The second kappa shape index (κ2) is 7.19. The van der Waals surface area contributed by atoms with Crippen LogP contribution in [-0.2, 0) is 20.7 Å². The fourth-order valence-electron chi connectivity index (χ4n) is 2.10. The van der Waals surface area contributed by atoms with Crippen LogP contribution in [0.5, 0.6) is 0 Å². The van der Waals surface area contributed by atoms with Gasteiger partial charge < -0.3 is 19.5 Å². The van der Waals surface area contributed by atoms with E-state index in [1.165, 1.54) is 12.1 Å². The molecule has 1 saturated heterocycles. The van der Waals surface area contributed by atoms with Crippen molar-refractivity contribution in [2.75, 3.05) is 33.4 Å². The minimum Gasteiger partial charge on any atom is -0.478 e. The van der Waals surface area contributed by atoms with Gasteiger partial charge in [-0.2, -0.15) is 0 Å². The second-order valence-electron chi connectivity index (χ2n) is 4.96. The number of carbonyl (C=O) groups is 2. The van der Waals surface area contributed by atoms with Crippen molar-refractivity contribution in [1.29, 1.82) is 0 Å². The van der Waals surface area contributed by atoms with Crippen LogP contribution < -0.4 is 0 Å². The average molecular weight is 293 g/mol. The topological polar surface area (TPSA) is 76.1 Å². The van der Waals surface area contributed by atoms with Gasteiger partial charge >= 0.3 is 5.97 Å². The molecule has 1 amide bonds. The zero-order valence-corrected chi connectivity index (χ0v) is 11.9. The summed E-state index contributed by atoms with van der Waals surface area (Å²) in [5.41, 5.74) is 1.04. The Morgan fingerprint density at radius 2 is 1.90 bits per heavy atom. The molecular formula is C15H19NO5. The second-order valence-corrected chi connectivity index (χ2v) is 4.96. The lowest BCUT2D eigenvalue weighted by atomic mass is 10.1. The largest absolute Gasteiger partial charge is 0.478 e. The van der Waals surface area contributed by atoms with E-state index in [1.807, 2.05) is 0 Å². The van der Waals surface area contributed by atoms with E-state index in [-0.39, 0.29) is 24.0 Å². The van der Waals surface area contributed by atoms with Gasteiger partial charge in [-0.1, -0.05) is 12.1 Å². The molecule has 114 valence electrons. The highest BCUT2D eigenvalue weighted by Gasteiger charge is 2.30. The van der Waals surface area contributed by atoms with Crippen molar-refractivity contribution in [3.63, 3.8) is 0 Å². The summed E-state index contributed by atoms with van der Waals surface area (Å²) in [4.78, 5) is 24.5. The van der Waals surface area contributed by atoms with Gasteiger partial charge in [-0.3, -0.25) is 4.79 Å². The van der Waals surface area contributed by atoms with Gasteiger partial charge in [-0.05, 0) is 17.7 Å². The van der Waals surface area contributed by atoms with Crippen LogP contribution >= 0.6 is 0 Å². The van der Waals surface area contributed by atoms with Crippen molar-refractivity contribution in [3.05, 3.63) is 35.4 Å². The number of methoxy groups -OCH3 is 1. The fraction of sp³-hybridized carbons (Fsp3) is 0.467. The smallest absolute Gasteiger partial charge is 0.335 e. The highest BCUT2D eigenvalue weighted by molar-refractivity contribution is 5.87. The van der Waals surface area contributed by atoms with E-state index in [2.05, 4.69) is 0 Å². The maximum atomic E-state index is 12.0. The number of benzene rings is 1. The number of hydrogen-bond acceptors (Lipinski definition) is 4. The minimum absolute atomic E-state index is 0.0321. The van der Waals surface area contributed by atoms with Gasteiger partial charge in [-0.15, -0.1) is 0 Å². The molecule has 0 atom stereocenters. The van der Waals surface area contributed by atoms with E-state index in [1.54, 1.807) is 24.1 Å². The number of rotatable bonds is 7. The van der Waals surface area contributed by atoms with Crippen LogP contribution in [0.15, 0.2) is 24.3 Å². The molecule has 21 heavy (non-hydrogen) atoms. The number of amides is 1. The molecule has 6 heteroatoms. The third-order valence-corrected chi connectivity index (χ3v) is 3.40. The molecule has 0 bridgehead atoms. The zero-order chi connectivity index (χ0) is 15.2. The van der Waals surface area contributed by atoms with Crippen LogP contribution in [0, 0.1) is 0 Å². The van der Waals surface area contributed by atoms with Crippen LogP contribution in [0.1, 0.15) is 15.9 Å². The highest BCUT2D eigenvalue weighted by atomic mass is 16.5. The van der Waals surface area contributed by atoms with Gasteiger partial charge in [0.05, 0.1) is 31.3 Å². The van der Waals surface area contributed by atoms with E-state index < -0.39 is 5.97 Å². The summed E-state index contributed by atoms with van der Waals surface area (Å²) in [5.74, 6) is -0.934. The lowest BCUT2D eigenvalue weighted by molar-refractivity contribution is -0.145. The maximum absolute atomic E-state index is 12.0. The summed E-state index contributed by atoms with van der Waals surface area (Å²) in [6.45, 7) is 2.31. The number of carboxylic acids is 1. The van der Waals surface area contributed by atoms with Gasteiger partial charge in [0, 0.05) is 20.2 Å². The van der Waals surface area contributed by atoms with Gasteiger partial charge in [0.2, 0.25) is 5.91 Å². The first kappa shape index (κ1) is 15.5. The van der Waals surface area contributed by atoms with Crippen molar-refractivity contribution >= 4 is 11.9 Å². The lowest BCUT2D eigenvalue weighted by Gasteiger charge is -2.39. The Morgan fingerprint density at radius 1 is 1.24 bits per heavy atom. The first-order chi connectivity index (χ1) is 10.1. The van der Waals surface area contributed by atoms with E-state index in [4.69, 9.17) is 14.6 Å². The predicted octanol–water partition coefficient (Wildman–Crippen LogP) is 0.801. The molecule has 2 rings (SSSR count). The van der Waals surface area contributed by atoms with Gasteiger partial charge in [0.25, 0.3) is 0 Å². The molecule has 0 saturated carbocycles. The predicted molar refractivity (Wildman–Crippen MR) is 75.3 cm³/mol. The standard InChI is InChI=1S/C15H19NO5/c1-20-6-7-21-13-9-16(10-13)14(17)8-11-2-4-12(5-3-11)15(18)19/h2-5,13H,6-10H2,1H3,(H,18,19). The Labute approximate surface area is 123 Å². The molecule has 6 nitrogen and oxygen atoms in total. The van der Waals surface area contributed by atoms with E-state index in [9.17, 15) is 9.59 Å². The summed E-state index contributed by atoms with van der Waals surface area (Å²) >= 11 is 0. The number of likely N-dealkylation sites (tertiary alicyclic amines) is 1. The van der Waals surface area contributed by atoms with Gasteiger partial charge in [0.1, 0.15) is 0 Å². The molecule has 0 spiro atoms. The van der Waals surface area contributed by atoms with Crippen molar-refractivity contribution in [3.8, 4) is 0 Å².